The van der Waals surface area contributed by atoms with E-state index in [0.717, 1.165) is 10.5 Å². The van der Waals surface area contributed by atoms with E-state index in [1.165, 1.54) is 11.0 Å². The van der Waals surface area contributed by atoms with Crippen molar-refractivity contribution in [3.05, 3.63) is 57.6 Å². The molecule has 1 unspecified atom stereocenters. The first-order valence-electron chi connectivity index (χ1n) is 10.1. The number of benzene rings is 2. The Labute approximate surface area is 202 Å². The molecule has 0 saturated carbocycles. The summed E-state index contributed by atoms with van der Waals surface area (Å²) in [5, 5.41) is 3.30. The molecule has 4 amide bonds. The predicted octanol–water partition coefficient (Wildman–Crippen LogP) is 3.48. The van der Waals surface area contributed by atoms with E-state index >= 15 is 0 Å². The number of rotatable bonds is 8. The van der Waals surface area contributed by atoms with Crippen LogP contribution >= 0.6 is 23.2 Å². The van der Waals surface area contributed by atoms with Crippen molar-refractivity contribution in [3.63, 3.8) is 0 Å². The van der Waals surface area contributed by atoms with Crippen molar-refractivity contribution in [1.82, 2.24) is 15.1 Å². The molecule has 10 heteroatoms. The van der Waals surface area contributed by atoms with Gasteiger partial charge in [0, 0.05) is 29.2 Å². The molecule has 0 aliphatic carbocycles. The molecule has 1 heterocycles. The first-order chi connectivity index (χ1) is 15.6. The van der Waals surface area contributed by atoms with Crippen molar-refractivity contribution in [2.75, 3.05) is 34.4 Å². The third-order valence-corrected chi connectivity index (χ3v) is 6.20. The summed E-state index contributed by atoms with van der Waals surface area (Å²) in [5.41, 5.74) is -0.0343. The van der Waals surface area contributed by atoms with Gasteiger partial charge in [0.25, 0.3) is 5.91 Å². The van der Waals surface area contributed by atoms with E-state index in [0.29, 0.717) is 35.1 Å². The molecule has 2 aromatic rings. The summed E-state index contributed by atoms with van der Waals surface area (Å²) >= 11 is 12.2. The zero-order valence-electron chi connectivity index (χ0n) is 18.8. The number of hydrogen-bond acceptors (Lipinski definition) is 5. The number of nitrogens with one attached hydrogen (secondary N) is 1. The standard InChI is InChI=1S/C23H25Cl2N3O5/c1-23(16-7-6-15(24)12-17(16)25)21(30)28(22(31)26-23)13-20(29)27(2)10-9-14-5-8-18(32-3)19(11-14)33-4/h5-8,11-12H,9-10,13H2,1-4H3,(H,26,31). The maximum Gasteiger partial charge on any atom is 0.325 e. The number of urea groups is 1. The minimum absolute atomic E-state index is 0.249. The fourth-order valence-corrected chi connectivity index (χ4v) is 4.23. The van der Waals surface area contributed by atoms with Gasteiger partial charge in [0.1, 0.15) is 12.1 Å². The Hall–Kier alpha value is -2.97. The van der Waals surface area contributed by atoms with Gasteiger partial charge in [-0.2, -0.15) is 0 Å². The summed E-state index contributed by atoms with van der Waals surface area (Å²) in [6, 6.07) is 9.54. The molecule has 1 aliphatic heterocycles. The highest BCUT2D eigenvalue weighted by Crippen LogP contribution is 2.35. The maximum absolute atomic E-state index is 13.1. The second-order valence-electron chi connectivity index (χ2n) is 7.83. The number of amides is 4. The maximum atomic E-state index is 13.1. The molecular weight excluding hydrogens is 469 g/mol. The monoisotopic (exact) mass is 493 g/mol. The van der Waals surface area contributed by atoms with Gasteiger partial charge in [-0.15, -0.1) is 0 Å². The topological polar surface area (TPSA) is 88.2 Å². The summed E-state index contributed by atoms with van der Waals surface area (Å²) in [5.74, 6) is 0.292. The SMILES string of the molecule is COc1ccc(CCN(C)C(=O)CN2C(=O)NC(C)(c3ccc(Cl)cc3Cl)C2=O)cc1OC. The second-order valence-corrected chi connectivity index (χ2v) is 8.67. The van der Waals surface area contributed by atoms with Crippen LogP contribution in [0.25, 0.3) is 0 Å². The van der Waals surface area contributed by atoms with Crippen molar-refractivity contribution in [2.45, 2.75) is 18.9 Å². The van der Waals surface area contributed by atoms with Gasteiger partial charge >= 0.3 is 6.03 Å². The van der Waals surface area contributed by atoms with Gasteiger partial charge in [0.15, 0.2) is 11.5 Å². The molecule has 1 saturated heterocycles. The number of nitrogens with zero attached hydrogens (tertiary/aromatic N) is 2. The minimum Gasteiger partial charge on any atom is -0.493 e. The van der Waals surface area contributed by atoms with E-state index in [2.05, 4.69) is 5.32 Å². The van der Waals surface area contributed by atoms with Crippen molar-refractivity contribution in [3.8, 4) is 11.5 Å². The number of likely N-dealkylation sites (N-methyl/N-ethyl adjacent to an activating group) is 1. The Kier molecular flexibility index (Phi) is 7.39. The summed E-state index contributed by atoms with van der Waals surface area (Å²) in [6.07, 6.45) is 0.556. The lowest BCUT2D eigenvalue weighted by Gasteiger charge is -2.24. The smallest absolute Gasteiger partial charge is 0.325 e. The van der Waals surface area contributed by atoms with Crippen molar-refractivity contribution in [1.29, 1.82) is 0 Å². The number of imide groups is 1. The van der Waals surface area contributed by atoms with Gasteiger partial charge in [-0.3, -0.25) is 14.5 Å². The molecule has 1 atom stereocenters. The average molecular weight is 494 g/mol. The van der Waals surface area contributed by atoms with E-state index in [1.807, 2.05) is 12.1 Å². The van der Waals surface area contributed by atoms with Gasteiger partial charge in [-0.1, -0.05) is 35.3 Å². The molecule has 3 rings (SSSR count). The average Bonchev–Trinajstić information content (AvgIpc) is 3.00. The highest BCUT2D eigenvalue weighted by Gasteiger charge is 2.50. The highest BCUT2D eigenvalue weighted by atomic mass is 35.5. The molecule has 0 bridgehead atoms. The van der Waals surface area contributed by atoms with Crippen LogP contribution in [0.2, 0.25) is 10.0 Å². The predicted molar refractivity (Wildman–Crippen MR) is 125 cm³/mol. The van der Waals surface area contributed by atoms with E-state index in [4.69, 9.17) is 32.7 Å². The zero-order valence-corrected chi connectivity index (χ0v) is 20.3. The van der Waals surface area contributed by atoms with Crippen molar-refractivity contribution >= 4 is 41.0 Å². The largest absolute Gasteiger partial charge is 0.493 e. The van der Waals surface area contributed by atoms with Crippen LogP contribution in [-0.4, -0.2) is 62.0 Å². The lowest BCUT2D eigenvalue weighted by atomic mass is 9.92. The first-order valence-corrected chi connectivity index (χ1v) is 10.9. The van der Waals surface area contributed by atoms with Gasteiger partial charge in [0.05, 0.1) is 14.2 Å². The molecule has 1 fully saturated rings. The highest BCUT2D eigenvalue weighted by molar-refractivity contribution is 6.35. The van der Waals surface area contributed by atoms with Crippen molar-refractivity contribution in [2.24, 2.45) is 0 Å². The summed E-state index contributed by atoms with van der Waals surface area (Å²) in [4.78, 5) is 40.8. The third-order valence-electron chi connectivity index (χ3n) is 5.65. The normalized spacial score (nSPS) is 17.7. The van der Waals surface area contributed by atoms with Crippen LogP contribution < -0.4 is 14.8 Å². The quantitative estimate of drug-likeness (QED) is 0.568. The molecule has 1 N–H and O–H groups in total. The Morgan fingerprint density at radius 1 is 1.09 bits per heavy atom. The number of carbonyl (C=O) groups is 3. The lowest BCUT2D eigenvalue weighted by molar-refractivity contribution is -0.138. The molecule has 0 radical (unpaired) electrons. The summed E-state index contributed by atoms with van der Waals surface area (Å²) in [6.45, 7) is 1.56. The Balaban J connectivity index is 1.66. The summed E-state index contributed by atoms with van der Waals surface area (Å²) < 4.78 is 10.5. The molecule has 8 nitrogen and oxygen atoms in total. The zero-order chi connectivity index (χ0) is 24.3. The van der Waals surface area contributed by atoms with Gasteiger partial charge in [-0.05, 0) is 43.2 Å². The third kappa shape index (κ3) is 5.02. The van der Waals surface area contributed by atoms with Crippen LogP contribution in [0.1, 0.15) is 18.1 Å². The number of ether oxygens (including phenoxy) is 2. The molecular formula is C23H25Cl2N3O5. The van der Waals surface area contributed by atoms with Crippen LogP contribution in [0.4, 0.5) is 4.79 Å². The van der Waals surface area contributed by atoms with Crippen LogP contribution in [0.5, 0.6) is 11.5 Å². The Morgan fingerprint density at radius 2 is 1.79 bits per heavy atom. The van der Waals surface area contributed by atoms with Crippen LogP contribution in [0, 0.1) is 0 Å². The van der Waals surface area contributed by atoms with Crippen LogP contribution in [-0.2, 0) is 21.5 Å². The fraction of sp³-hybridized carbons (Fsp3) is 0.348. The van der Waals surface area contributed by atoms with Crippen LogP contribution in [0.3, 0.4) is 0 Å². The van der Waals surface area contributed by atoms with E-state index in [1.54, 1.807) is 46.4 Å². The van der Waals surface area contributed by atoms with Gasteiger partial charge < -0.3 is 19.7 Å². The molecule has 0 spiro atoms. The number of carbonyl (C=O) groups excluding carboxylic acids is 3. The number of halogens is 2. The van der Waals surface area contributed by atoms with Crippen LogP contribution in [0.15, 0.2) is 36.4 Å². The Bertz CT molecular complexity index is 1090. The lowest BCUT2D eigenvalue weighted by Crippen LogP contribution is -2.44. The fourth-order valence-electron chi connectivity index (χ4n) is 3.63. The second kappa shape index (κ2) is 9.89. The number of methoxy groups -OCH3 is 2. The number of hydrogen-bond donors (Lipinski definition) is 1. The minimum atomic E-state index is -1.39. The molecule has 0 aromatic heterocycles. The molecule has 2 aromatic carbocycles. The summed E-state index contributed by atoms with van der Waals surface area (Å²) in [7, 11) is 4.74. The van der Waals surface area contributed by atoms with E-state index in [-0.39, 0.29) is 17.5 Å². The molecule has 176 valence electrons. The van der Waals surface area contributed by atoms with E-state index < -0.39 is 17.5 Å². The molecule has 33 heavy (non-hydrogen) atoms. The van der Waals surface area contributed by atoms with Gasteiger partial charge in [0.2, 0.25) is 5.91 Å². The van der Waals surface area contributed by atoms with Crippen molar-refractivity contribution < 1.29 is 23.9 Å². The van der Waals surface area contributed by atoms with Gasteiger partial charge in [-0.25, -0.2) is 4.79 Å². The van der Waals surface area contributed by atoms with E-state index in [9.17, 15) is 14.4 Å². The first kappa shape index (κ1) is 24.7. The Morgan fingerprint density at radius 3 is 2.42 bits per heavy atom. The molecule has 1 aliphatic rings.